The molecule has 0 saturated heterocycles. The van der Waals surface area contributed by atoms with E-state index in [4.69, 9.17) is 0 Å². The van der Waals surface area contributed by atoms with E-state index in [0.29, 0.717) is 0 Å². The molecule has 0 fully saturated rings. The Bertz CT molecular complexity index is 242. The number of unbranched alkanes of at least 4 members (excludes halogenated alkanes) is 15. The van der Waals surface area contributed by atoms with Gasteiger partial charge in [0.2, 0.25) is 0 Å². The Morgan fingerprint density at radius 2 is 0.731 bits per heavy atom. The fraction of sp³-hybridized carbons (Fsp3) is 1.00. The fourth-order valence-corrected chi connectivity index (χ4v) is 3.87. The minimum absolute atomic E-state index is 0. The maximum absolute atomic E-state index is 2.48. The summed E-state index contributed by atoms with van der Waals surface area (Å²) in [6, 6.07) is 0.824. The lowest BCUT2D eigenvalue weighted by Gasteiger charge is -2.24. The van der Waals surface area contributed by atoms with Gasteiger partial charge in [-0.25, -0.2) is 0 Å². The lowest BCUT2D eigenvalue weighted by molar-refractivity contribution is 0.251. The molecular formula is C24H52ClN. The van der Waals surface area contributed by atoms with Crippen molar-refractivity contribution < 1.29 is 0 Å². The molecule has 0 aromatic carbocycles. The van der Waals surface area contributed by atoms with E-state index in [-0.39, 0.29) is 12.4 Å². The molecule has 0 rings (SSSR count). The zero-order chi connectivity index (χ0) is 18.6. The Hall–Kier alpha value is 0.250. The van der Waals surface area contributed by atoms with Crippen molar-refractivity contribution in [1.82, 2.24) is 4.90 Å². The summed E-state index contributed by atoms with van der Waals surface area (Å²) >= 11 is 0. The molecule has 26 heavy (non-hydrogen) atoms. The first kappa shape index (κ1) is 28.5. The van der Waals surface area contributed by atoms with Gasteiger partial charge in [-0.1, -0.05) is 123 Å². The van der Waals surface area contributed by atoms with Crippen LogP contribution in [0, 0.1) is 0 Å². The lowest BCUT2D eigenvalue weighted by Crippen LogP contribution is -2.27. The van der Waals surface area contributed by atoms with Gasteiger partial charge < -0.3 is 4.90 Å². The third-order valence-corrected chi connectivity index (χ3v) is 5.76. The van der Waals surface area contributed by atoms with Crippen LogP contribution in [-0.4, -0.2) is 25.0 Å². The number of hydrogen-bond donors (Lipinski definition) is 0. The van der Waals surface area contributed by atoms with Gasteiger partial charge in [0.15, 0.2) is 0 Å². The number of rotatable bonds is 20. The van der Waals surface area contributed by atoms with E-state index in [1.807, 2.05) is 0 Å². The smallest absolute Gasteiger partial charge is 0.00891 e. The Morgan fingerprint density at radius 3 is 1.00 bits per heavy atom. The first-order valence-electron chi connectivity index (χ1n) is 11.9. The van der Waals surface area contributed by atoms with Crippen molar-refractivity contribution in [2.24, 2.45) is 0 Å². The first-order chi connectivity index (χ1) is 12.2. The van der Waals surface area contributed by atoms with Gasteiger partial charge in [0.25, 0.3) is 0 Å². The van der Waals surface area contributed by atoms with Crippen molar-refractivity contribution in [2.45, 2.75) is 142 Å². The second kappa shape index (κ2) is 23.3. The van der Waals surface area contributed by atoms with E-state index in [1.165, 1.54) is 122 Å². The van der Waals surface area contributed by atoms with Gasteiger partial charge in [-0.15, -0.1) is 12.4 Å². The van der Waals surface area contributed by atoms with Crippen LogP contribution < -0.4 is 0 Å². The Morgan fingerprint density at radius 1 is 0.462 bits per heavy atom. The monoisotopic (exact) mass is 389 g/mol. The molecule has 1 atom stereocenters. The molecule has 0 aliphatic rings. The van der Waals surface area contributed by atoms with Gasteiger partial charge in [0.05, 0.1) is 0 Å². The van der Waals surface area contributed by atoms with Crippen molar-refractivity contribution in [3.05, 3.63) is 0 Å². The number of hydrogen-bond acceptors (Lipinski definition) is 1. The molecule has 1 unspecified atom stereocenters. The van der Waals surface area contributed by atoms with Crippen LogP contribution in [0.1, 0.15) is 136 Å². The second-order valence-electron chi connectivity index (χ2n) is 8.50. The lowest BCUT2D eigenvalue weighted by atomic mass is 9.99. The van der Waals surface area contributed by atoms with Crippen LogP contribution in [0.15, 0.2) is 0 Å². The highest BCUT2D eigenvalue weighted by Gasteiger charge is 2.10. The Labute approximate surface area is 173 Å². The summed E-state index contributed by atoms with van der Waals surface area (Å²) in [4.78, 5) is 2.48. The zero-order valence-corrected chi connectivity index (χ0v) is 19.7. The molecule has 0 aromatic rings. The third-order valence-electron chi connectivity index (χ3n) is 5.76. The van der Waals surface area contributed by atoms with Gasteiger partial charge in [-0.05, 0) is 26.9 Å². The molecule has 0 saturated carbocycles. The fourth-order valence-electron chi connectivity index (χ4n) is 3.87. The predicted octanol–water partition coefficient (Wildman–Crippen LogP) is 8.79. The Kier molecular flexibility index (Phi) is 25.5. The SMILES string of the molecule is CCCCCCCCCCCC(CCCCCCCCCC)N(C)C.Cl. The molecule has 0 aliphatic heterocycles. The van der Waals surface area contributed by atoms with Gasteiger partial charge >= 0.3 is 0 Å². The van der Waals surface area contributed by atoms with Crippen molar-refractivity contribution in [1.29, 1.82) is 0 Å². The van der Waals surface area contributed by atoms with Crippen LogP contribution in [0.4, 0.5) is 0 Å². The highest BCUT2D eigenvalue weighted by atomic mass is 35.5. The van der Waals surface area contributed by atoms with Crippen LogP contribution in [0.5, 0.6) is 0 Å². The normalized spacial score (nSPS) is 12.3. The average molecular weight is 390 g/mol. The van der Waals surface area contributed by atoms with Gasteiger partial charge in [-0.3, -0.25) is 0 Å². The number of nitrogens with zero attached hydrogens (tertiary/aromatic N) is 1. The highest BCUT2D eigenvalue weighted by molar-refractivity contribution is 5.85. The van der Waals surface area contributed by atoms with Crippen molar-refractivity contribution in [3.63, 3.8) is 0 Å². The van der Waals surface area contributed by atoms with E-state index in [0.717, 1.165) is 6.04 Å². The molecule has 0 aliphatic carbocycles. The minimum Gasteiger partial charge on any atom is -0.306 e. The molecule has 0 heterocycles. The van der Waals surface area contributed by atoms with Crippen molar-refractivity contribution in [3.8, 4) is 0 Å². The molecule has 0 aromatic heterocycles. The van der Waals surface area contributed by atoms with Crippen LogP contribution in [0.2, 0.25) is 0 Å². The largest absolute Gasteiger partial charge is 0.306 e. The standard InChI is InChI=1S/C24H51N.ClH/c1-5-7-9-11-13-15-17-19-21-23-24(25(3)4)22-20-18-16-14-12-10-8-6-2;/h24H,5-23H2,1-4H3;1H. The van der Waals surface area contributed by atoms with Crippen LogP contribution >= 0.6 is 12.4 Å². The third kappa shape index (κ3) is 20.6. The highest BCUT2D eigenvalue weighted by Crippen LogP contribution is 2.17. The second-order valence-corrected chi connectivity index (χ2v) is 8.50. The van der Waals surface area contributed by atoms with Gasteiger partial charge in [0.1, 0.15) is 0 Å². The topological polar surface area (TPSA) is 3.24 Å². The van der Waals surface area contributed by atoms with Crippen molar-refractivity contribution >= 4 is 12.4 Å². The summed E-state index contributed by atoms with van der Waals surface area (Å²) in [6.07, 6.45) is 27.4. The van der Waals surface area contributed by atoms with Crippen molar-refractivity contribution in [2.75, 3.05) is 14.1 Å². The first-order valence-corrected chi connectivity index (χ1v) is 11.9. The Balaban J connectivity index is 0. The van der Waals surface area contributed by atoms with E-state index < -0.39 is 0 Å². The molecule has 0 bridgehead atoms. The summed E-state index contributed by atoms with van der Waals surface area (Å²) in [6.45, 7) is 4.60. The quantitative estimate of drug-likeness (QED) is 0.188. The van der Waals surface area contributed by atoms with Crippen LogP contribution in [0.25, 0.3) is 0 Å². The molecule has 0 radical (unpaired) electrons. The summed E-state index contributed by atoms with van der Waals surface area (Å²) in [5.41, 5.74) is 0. The predicted molar refractivity (Wildman–Crippen MR) is 124 cm³/mol. The average Bonchev–Trinajstić information content (AvgIpc) is 2.60. The summed E-state index contributed by atoms with van der Waals surface area (Å²) in [5.74, 6) is 0. The van der Waals surface area contributed by atoms with Gasteiger partial charge in [-0.2, -0.15) is 0 Å². The molecule has 2 heteroatoms. The van der Waals surface area contributed by atoms with Gasteiger partial charge in [0, 0.05) is 6.04 Å². The van der Waals surface area contributed by atoms with E-state index in [9.17, 15) is 0 Å². The molecule has 1 nitrogen and oxygen atoms in total. The number of halogens is 1. The summed E-state index contributed by atoms with van der Waals surface area (Å²) in [5, 5.41) is 0. The van der Waals surface area contributed by atoms with E-state index >= 15 is 0 Å². The molecule has 160 valence electrons. The van der Waals surface area contributed by atoms with E-state index in [1.54, 1.807) is 0 Å². The summed E-state index contributed by atoms with van der Waals surface area (Å²) < 4.78 is 0. The van der Waals surface area contributed by atoms with Crippen LogP contribution in [0.3, 0.4) is 0 Å². The maximum atomic E-state index is 2.48. The van der Waals surface area contributed by atoms with E-state index in [2.05, 4.69) is 32.8 Å². The molecular weight excluding hydrogens is 338 g/mol. The molecule has 0 N–H and O–H groups in total. The zero-order valence-electron chi connectivity index (χ0n) is 18.9. The molecule has 0 spiro atoms. The summed E-state index contributed by atoms with van der Waals surface area (Å²) in [7, 11) is 4.56. The van der Waals surface area contributed by atoms with Crippen LogP contribution in [-0.2, 0) is 0 Å². The molecule has 0 amide bonds. The maximum Gasteiger partial charge on any atom is 0.00891 e. The minimum atomic E-state index is 0.